The van der Waals surface area contributed by atoms with Gasteiger partial charge in [0.1, 0.15) is 6.04 Å². The van der Waals surface area contributed by atoms with Crippen molar-refractivity contribution in [2.24, 2.45) is 0 Å². The molecule has 19 heavy (non-hydrogen) atoms. The van der Waals surface area contributed by atoms with Crippen molar-refractivity contribution in [3.63, 3.8) is 0 Å². The zero-order valence-electron chi connectivity index (χ0n) is 11.5. The van der Waals surface area contributed by atoms with Crippen LogP contribution in [-0.2, 0) is 9.31 Å². The van der Waals surface area contributed by atoms with E-state index in [1.54, 1.807) is 12.3 Å². The summed E-state index contributed by atoms with van der Waals surface area (Å²) in [6.07, 6.45) is 1.42. The Bertz CT molecular complexity index is 500. The van der Waals surface area contributed by atoms with Gasteiger partial charge in [-0.05, 0) is 33.8 Å². The third-order valence-electron chi connectivity index (χ3n) is 4.24. The average molecular weight is 270 g/mol. The molecule has 0 amide bonds. The Labute approximate surface area is 111 Å². The fourth-order valence-electron chi connectivity index (χ4n) is 2.10. The van der Waals surface area contributed by atoms with Crippen LogP contribution in [0.3, 0.4) is 0 Å². The number of rotatable bonds is 2. The maximum Gasteiger partial charge on any atom is 0.516 e. The number of alkyl halides is 2. The Balaban J connectivity index is 1.78. The summed E-state index contributed by atoms with van der Waals surface area (Å²) in [5, 5.41) is 4.17. The number of hydrogen-bond donors (Lipinski definition) is 0. The lowest BCUT2D eigenvalue weighted by atomic mass is 9.85. The van der Waals surface area contributed by atoms with Gasteiger partial charge in [0.2, 0.25) is 0 Å². The first kappa shape index (κ1) is 13.1. The molecule has 0 aromatic carbocycles. The molecule has 0 bridgehead atoms. The third kappa shape index (κ3) is 1.99. The molecule has 1 unspecified atom stereocenters. The highest BCUT2D eigenvalue weighted by atomic mass is 19.3. The molecule has 0 N–H and O–H groups in total. The molecule has 4 nitrogen and oxygen atoms in total. The Morgan fingerprint density at radius 1 is 1.26 bits per heavy atom. The molecular formula is C12H17BF2N2O2. The van der Waals surface area contributed by atoms with Gasteiger partial charge in [0, 0.05) is 12.6 Å². The van der Waals surface area contributed by atoms with E-state index in [1.807, 2.05) is 27.7 Å². The molecule has 1 aromatic heterocycles. The minimum atomic E-state index is -2.63. The summed E-state index contributed by atoms with van der Waals surface area (Å²) in [5.74, 6) is -2.63. The van der Waals surface area contributed by atoms with Crippen LogP contribution in [0.15, 0.2) is 12.3 Å². The molecule has 2 heterocycles. The zero-order valence-corrected chi connectivity index (χ0v) is 11.5. The summed E-state index contributed by atoms with van der Waals surface area (Å²) in [6, 6.07) is 0.861. The highest BCUT2D eigenvalue weighted by molar-refractivity contribution is 6.61. The predicted molar refractivity (Wildman–Crippen MR) is 66.5 cm³/mol. The number of halogens is 2. The summed E-state index contributed by atoms with van der Waals surface area (Å²) < 4.78 is 38.9. The van der Waals surface area contributed by atoms with Gasteiger partial charge >= 0.3 is 7.12 Å². The SMILES string of the molecule is CC1(C)OB(c2ccn(C3CC3(F)F)n2)OC1(C)C. The van der Waals surface area contributed by atoms with Crippen molar-refractivity contribution in [1.82, 2.24) is 9.78 Å². The molecule has 2 fully saturated rings. The Morgan fingerprint density at radius 2 is 1.79 bits per heavy atom. The summed E-state index contributed by atoms with van der Waals surface area (Å²) in [4.78, 5) is 0. The second-order valence-corrected chi connectivity index (χ2v) is 6.29. The molecular weight excluding hydrogens is 253 g/mol. The van der Waals surface area contributed by atoms with E-state index in [-0.39, 0.29) is 6.42 Å². The third-order valence-corrected chi connectivity index (χ3v) is 4.24. The molecule has 1 saturated carbocycles. The first-order chi connectivity index (χ1) is 8.62. The molecule has 1 aliphatic heterocycles. The van der Waals surface area contributed by atoms with Crippen LogP contribution in [0.2, 0.25) is 0 Å². The van der Waals surface area contributed by atoms with Gasteiger partial charge < -0.3 is 9.31 Å². The second-order valence-electron chi connectivity index (χ2n) is 6.29. The van der Waals surface area contributed by atoms with Crippen LogP contribution in [0, 0.1) is 0 Å². The average Bonchev–Trinajstić information content (AvgIpc) is 2.65. The van der Waals surface area contributed by atoms with Crippen molar-refractivity contribution >= 4 is 12.7 Å². The first-order valence-electron chi connectivity index (χ1n) is 6.41. The van der Waals surface area contributed by atoms with E-state index in [0.29, 0.717) is 5.59 Å². The van der Waals surface area contributed by atoms with Crippen molar-refractivity contribution in [3.8, 4) is 0 Å². The molecule has 2 aliphatic rings. The maximum atomic E-state index is 13.0. The Kier molecular flexibility index (Phi) is 2.46. The van der Waals surface area contributed by atoms with Crippen molar-refractivity contribution in [3.05, 3.63) is 12.3 Å². The molecule has 0 radical (unpaired) electrons. The first-order valence-corrected chi connectivity index (χ1v) is 6.41. The van der Waals surface area contributed by atoms with Crippen molar-refractivity contribution in [1.29, 1.82) is 0 Å². The van der Waals surface area contributed by atoms with E-state index in [0.717, 1.165) is 0 Å². The highest BCUT2D eigenvalue weighted by Crippen LogP contribution is 2.51. The Hall–Kier alpha value is -0.945. The molecule has 1 atom stereocenters. The minimum Gasteiger partial charge on any atom is -0.398 e. The molecule has 1 saturated heterocycles. The normalized spacial score (nSPS) is 30.6. The highest BCUT2D eigenvalue weighted by Gasteiger charge is 2.59. The largest absolute Gasteiger partial charge is 0.516 e. The summed E-state index contributed by atoms with van der Waals surface area (Å²) in [5.41, 5.74) is -0.364. The smallest absolute Gasteiger partial charge is 0.398 e. The molecule has 1 aromatic rings. The summed E-state index contributed by atoms with van der Waals surface area (Å²) in [6.45, 7) is 7.77. The van der Waals surface area contributed by atoms with Gasteiger partial charge in [0.15, 0.2) is 0 Å². The monoisotopic (exact) mass is 270 g/mol. The predicted octanol–water partition coefficient (Wildman–Crippen LogP) is 1.76. The fraction of sp³-hybridized carbons (Fsp3) is 0.750. The van der Waals surface area contributed by atoms with Gasteiger partial charge in [0.05, 0.1) is 16.8 Å². The van der Waals surface area contributed by atoms with Crippen LogP contribution < -0.4 is 5.59 Å². The van der Waals surface area contributed by atoms with Crippen LogP contribution in [-0.4, -0.2) is 34.0 Å². The van der Waals surface area contributed by atoms with Crippen LogP contribution in [0.1, 0.15) is 40.2 Å². The van der Waals surface area contributed by atoms with Gasteiger partial charge in [0.25, 0.3) is 5.92 Å². The molecule has 104 valence electrons. The fourth-order valence-corrected chi connectivity index (χ4v) is 2.10. The van der Waals surface area contributed by atoms with E-state index < -0.39 is 30.3 Å². The van der Waals surface area contributed by atoms with E-state index >= 15 is 0 Å². The van der Waals surface area contributed by atoms with Crippen molar-refractivity contribution < 1.29 is 18.1 Å². The topological polar surface area (TPSA) is 36.3 Å². The standard InChI is InChI=1S/C12H17BF2N2O2/c1-10(2)11(3,4)19-13(18-10)9-5-6-17(16-9)8-7-12(8,14)15/h5-6,8H,7H2,1-4H3. The van der Waals surface area contributed by atoms with Gasteiger partial charge in [-0.15, -0.1) is 0 Å². The van der Waals surface area contributed by atoms with Crippen molar-refractivity contribution in [2.45, 2.75) is 57.3 Å². The van der Waals surface area contributed by atoms with Crippen LogP contribution >= 0.6 is 0 Å². The van der Waals surface area contributed by atoms with Crippen LogP contribution in [0.4, 0.5) is 8.78 Å². The van der Waals surface area contributed by atoms with E-state index in [4.69, 9.17) is 9.31 Å². The quantitative estimate of drug-likeness (QED) is 0.768. The summed E-state index contributed by atoms with van der Waals surface area (Å²) >= 11 is 0. The molecule has 0 spiro atoms. The summed E-state index contributed by atoms with van der Waals surface area (Å²) in [7, 11) is -0.598. The van der Waals surface area contributed by atoms with Crippen LogP contribution in [0.25, 0.3) is 0 Å². The lowest BCUT2D eigenvalue weighted by Gasteiger charge is -2.32. The molecule has 7 heteroatoms. The zero-order chi connectivity index (χ0) is 14.1. The van der Waals surface area contributed by atoms with E-state index in [2.05, 4.69) is 5.10 Å². The Morgan fingerprint density at radius 3 is 2.26 bits per heavy atom. The maximum absolute atomic E-state index is 13.0. The van der Waals surface area contributed by atoms with Gasteiger partial charge in [-0.2, -0.15) is 5.10 Å². The number of hydrogen-bond acceptors (Lipinski definition) is 3. The van der Waals surface area contributed by atoms with Gasteiger partial charge in [-0.25, -0.2) is 8.78 Å². The number of nitrogens with zero attached hydrogens (tertiary/aromatic N) is 2. The van der Waals surface area contributed by atoms with E-state index in [1.165, 1.54) is 4.68 Å². The lowest BCUT2D eigenvalue weighted by Crippen LogP contribution is -2.41. The lowest BCUT2D eigenvalue weighted by molar-refractivity contribution is 0.00578. The molecule has 3 rings (SSSR count). The van der Waals surface area contributed by atoms with Gasteiger partial charge in [-0.1, -0.05) is 0 Å². The second kappa shape index (κ2) is 3.58. The molecule has 1 aliphatic carbocycles. The minimum absolute atomic E-state index is 0.141. The van der Waals surface area contributed by atoms with Crippen molar-refractivity contribution in [2.75, 3.05) is 0 Å². The van der Waals surface area contributed by atoms with Gasteiger partial charge in [-0.3, -0.25) is 4.68 Å². The van der Waals surface area contributed by atoms with Crippen LogP contribution in [0.5, 0.6) is 0 Å². The number of aromatic nitrogens is 2. The van der Waals surface area contributed by atoms with E-state index in [9.17, 15) is 8.78 Å².